The Hall–Kier alpha value is -6.86. The molecule has 17 atom stereocenters. The molecular weight excluding hydrogens is 1170 g/mol. The van der Waals surface area contributed by atoms with Crippen LogP contribution in [0, 0.1) is 41.4 Å². The Balaban J connectivity index is 1.64. The van der Waals surface area contributed by atoms with E-state index in [1.807, 2.05) is 55.4 Å². The SMILES string of the molecule is CC[C@@H](C)[C@@H]1NC(=O)[C@H]([C@@H](C)CC)NC(=O)[C@@H]2C[C@@H](O)CN2C(=O)[C@H]([C@H](C)CC)N/C=C(\C(=O)N2CCC[C@H]2C(=O)N[C@H](C(=O)N[C@H](C(=O)O)[C@@H](C)CC)[C@@H](C)CC)NC(=O)[C@H](CC(C)C)NC(=O)[C@@H]2CCCN2C(=O)[C@@H]2CCCN2C(=O)[C@H](CC(C)C)NC1=O. The topological polar surface area (TPSA) is 354 Å². The first-order chi connectivity index (χ1) is 42.9. The minimum absolute atomic E-state index is 0.00349. The van der Waals surface area contributed by atoms with Gasteiger partial charge >= 0.3 is 5.97 Å². The summed E-state index contributed by atoms with van der Waals surface area (Å²) in [4.78, 5) is 180. The number of carbonyl (C=O) groups is 12. The molecule has 0 aromatic heterocycles. The molecule has 5 heterocycles. The molecule has 5 aliphatic rings. The summed E-state index contributed by atoms with van der Waals surface area (Å²) in [7, 11) is 0. The number of carboxylic acids is 1. The summed E-state index contributed by atoms with van der Waals surface area (Å²) in [6, 6.07) is -13.2. The molecule has 0 spiro atoms. The summed E-state index contributed by atoms with van der Waals surface area (Å²) >= 11 is 0. The second-order valence-corrected chi connectivity index (χ2v) is 27.2. The molecule has 0 radical (unpaired) electrons. The fraction of sp³-hybridized carbons (Fsp3) is 0.785. The van der Waals surface area contributed by atoms with Crippen molar-refractivity contribution in [2.24, 2.45) is 41.4 Å². The summed E-state index contributed by atoms with van der Waals surface area (Å²) < 4.78 is 0. The summed E-state index contributed by atoms with van der Waals surface area (Å²) in [5.74, 6) is -11.6. The molecule has 0 aliphatic carbocycles. The average Bonchev–Trinajstić information content (AvgIpc) is 1.76. The Morgan fingerprint density at radius 2 is 1.03 bits per heavy atom. The Morgan fingerprint density at radius 3 is 1.59 bits per heavy atom. The van der Waals surface area contributed by atoms with Crippen LogP contribution >= 0.6 is 0 Å². The van der Waals surface area contributed by atoms with Crippen LogP contribution in [0.25, 0.3) is 0 Å². The normalized spacial score (nSPS) is 29.1. The molecule has 5 rings (SSSR count). The number of nitrogens with zero attached hydrogens (tertiary/aromatic N) is 4. The molecule has 0 saturated carbocycles. The second-order valence-electron chi connectivity index (χ2n) is 27.2. The van der Waals surface area contributed by atoms with Crippen molar-refractivity contribution in [2.75, 3.05) is 26.2 Å². The number of hydrogen-bond donors (Lipinski definition) is 10. The fourth-order valence-corrected chi connectivity index (χ4v) is 12.9. The molecule has 26 nitrogen and oxygen atoms in total. The minimum atomic E-state index is -1.33. The Morgan fingerprint density at radius 1 is 0.538 bits per heavy atom. The number of amides is 11. The number of fused-ring (bicyclic) bond motifs is 3. The first-order valence-electron chi connectivity index (χ1n) is 33.7. The third-order valence-corrected chi connectivity index (χ3v) is 19.5. The van der Waals surface area contributed by atoms with E-state index in [0.717, 1.165) is 6.20 Å². The van der Waals surface area contributed by atoms with Crippen molar-refractivity contribution in [1.82, 2.24) is 62.1 Å². The first-order valence-corrected chi connectivity index (χ1v) is 33.7. The summed E-state index contributed by atoms with van der Waals surface area (Å²) in [6.45, 7) is 25.3. The first kappa shape index (κ1) is 74.9. The predicted molar refractivity (Wildman–Crippen MR) is 339 cm³/mol. The van der Waals surface area contributed by atoms with E-state index in [4.69, 9.17) is 0 Å². The lowest BCUT2D eigenvalue weighted by Gasteiger charge is -2.34. The zero-order chi connectivity index (χ0) is 67.9. The quantitative estimate of drug-likeness (QED) is 0.0835. The van der Waals surface area contributed by atoms with Crippen molar-refractivity contribution in [3.05, 3.63) is 11.9 Å². The van der Waals surface area contributed by atoms with Crippen LogP contribution in [0.15, 0.2) is 11.9 Å². The van der Waals surface area contributed by atoms with Crippen LogP contribution in [0.3, 0.4) is 0 Å². The zero-order valence-electron chi connectivity index (χ0n) is 56.4. The van der Waals surface area contributed by atoms with Gasteiger partial charge in [-0.25, -0.2) is 4.79 Å². The minimum Gasteiger partial charge on any atom is -0.480 e. The van der Waals surface area contributed by atoms with E-state index >= 15 is 14.4 Å². The van der Waals surface area contributed by atoms with Gasteiger partial charge in [-0.2, -0.15) is 0 Å². The van der Waals surface area contributed by atoms with E-state index in [0.29, 0.717) is 51.4 Å². The van der Waals surface area contributed by atoms with Crippen LogP contribution < -0.4 is 42.5 Å². The number of hydrogen-bond acceptors (Lipinski definition) is 14. The Labute approximate surface area is 537 Å². The highest BCUT2D eigenvalue weighted by Gasteiger charge is 2.48. The van der Waals surface area contributed by atoms with Gasteiger partial charge in [0.2, 0.25) is 59.1 Å². The summed E-state index contributed by atoms with van der Waals surface area (Å²) in [5.41, 5.74) is -0.443. The zero-order valence-corrected chi connectivity index (χ0v) is 56.4. The van der Waals surface area contributed by atoms with E-state index in [1.54, 1.807) is 41.5 Å². The van der Waals surface area contributed by atoms with E-state index in [2.05, 4.69) is 42.5 Å². The van der Waals surface area contributed by atoms with E-state index in [-0.39, 0.29) is 76.5 Å². The molecule has 512 valence electrons. The number of carbonyl (C=O) groups excluding carboxylic acids is 11. The molecule has 4 fully saturated rings. The van der Waals surface area contributed by atoms with Crippen LogP contribution in [0.1, 0.15) is 187 Å². The van der Waals surface area contributed by atoms with Crippen molar-refractivity contribution in [3.63, 3.8) is 0 Å². The van der Waals surface area contributed by atoms with Crippen molar-refractivity contribution < 1.29 is 67.7 Å². The van der Waals surface area contributed by atoms with Gasteiger partial charge in [-0.15, -0.1) is 0 Å². The average molecular weight is 1280 g/mol. The van der Waals surface area contributed by atoms with Gasteiger partial charge < -0.3 is 72.3 Å². The maximum Gasteiger partial charge on any atom is 0.326 e. The highest BCUT2D eigenvalue weighted by molar-refractivity contribution is 6.03. The summed E-state index contributed by atoms with van der Waals surface area (Å²) in [6.07, 6.45) is 3.85. The van der Waals surface area contributed by atoms with Gasteiger partial charge in [0.25, 0.3) is 5.91 Å². The van der Waals surface area contributed by atoms with Crippen molar-refractivity contribution >= 4 is 70.9 Å². The molecule has 0 bridgehead atoms. The van der Waals surface area contributed by atoms with E-state index < -0.39 is 179 Å². The van der Waals surface area contributed by atoms with Crippen LogP contribution in [-0.2, 0) is 57.5 Å². The molecule has 91 heavy (non-hydrogen) atoms. The van der Waals surface area contributed by atoms with Crippen molar-refractivity contribution in [1.29, 1.82) is 0 Å². The number of likely N-dealkylation sites (tertiary alicyclic amines) is 1. The maximum atomic E-state index is 15.3. The molecule has 10 N–H and O–H groups in total. The van der Waals surface area contributed by atoms with E-state index in [9.17, 15) is 53.4 Å². The molecular formula is C65H108N12O14. The van der Waals surface area contributed by atoms with Crippen LogP contribution in [0.4, 0.5) is 0 Å². The van der Waals surface area contributed by atoms with Crippen molar-refractivity contribution in [2.45, 2.75) is 259 Å². The number of aliphatic hydroxyl groups excluding tert-OH is 1. The molecule has 0 unspecified atom stereocenters. The fourth-order valence-electron chi connectivity index (χ4n) is 12.9. The second kappa shape index (κ2) is 34.2. The highest BCUT2D eigenvalue weighted by Crippen LogP contribution is 2.29. The lowest BCUT2D eigenvalue weighted by Crippen LogP contribution is -2.61. The largest absolute Gasteiger partial charge is 0.480 e. The van der Waals surface area contributed by atoms with Gasteiger partial charge in [0.1, 0.15) is 72.2 Å². The lowest BCUT2D eigenvalue weighted by atomic mass is 9.94. The number of aliphatic carboxylic acids is 1. The predicted octanol–water partition coefficient (Wildman–Crippen LogP) is 2.17. The molecule has 4 saturated heterocycles. The van der Waals surface area contributed by atoms with Gasteiger partial charge in [0.15, 0.2) is 0 Å². The van der Waals surface area contributed by atoms with Gasteiger partial charge in [0, 0.05) is 38.8 Å². The van der Waals surface area contributed by atoms with Gasteiger partial charge in [-0.1, -0.05) is 129 Å². The molecule has 5 aliphatic heterocycles. The monoisotopic (exact) mass is 1280 g/mol. The van der Waals surface area contributed by atoms with Gasteiger partial charge in [-0.05, 0) is 92.8 Å². The number of nitrogens with one attached hydrogen (secondary N) is 8. The smallest absolute Gasteiger partial charge is 0.326 e. The molecule has 11 amide bonds. The third kappa shape index (κ3) is 18.9. The van der Waals surface area contributed by atoms with Crippen LogP contribution in [0.2, 0.25) is 0 Å². The van der Waals surface area contributed by atoms with Crippen LogP contribution in [-0.4, -0.2) is 200 Å². The Bertz CT molecular complexity index is 2650. The van der Waals surface area contributed by atoms with Gasteiger partial charge in [-0.3, -0.25) is 52.7 Å². The lowest BCUT2D eigenvalue weighted by molar-refractivity contribution is -0.148. The molecule has 26 heteroatoms. The molecule has 0 aromatic carbocycles. The van der Waals surface area contributed by atoms with Crippen molar-refractivity contribution in [3.8, 4) is 0 Å². The standard InChI is InChI=1S/C65H108N12O14/c1-15-36(10)49-58(83)68-43(30-35(8)9)61(86)76-28-22-25-47(76)63(88)75-27-21-23-45(75)55(80)67-42(29-34(6)7)54(79)69-44(62(87)74-26-20-24-46(74)56(81)70-51(38(12)17-3)60(85)73-53(65(90)91)40(14)19-5)32-66-52(39(13)18-4)64(89)77-33-41(78)31-48(77)57(82)71-50(37(11)16-2)59(84)72-49/h32,34-43,45-53,66,78H,15-31,33H2,1-14H3,(H,67,80)(H,68,83)(H,69,79)(H,70,81)(H,71,82)(H,72,84)(H,73,85)(H,90,91)/b44-32+/t36-,37+,38+,39-,40+,41-,42+,43+,45+,46+,47+,48+,49+,50+,51+,52+,53+/m1/s1. The third-order valence-electron chi connectivity index (χ3n) is 19.5. The van der Waals surface area contributed by atoms with E-state index in [1.165, 1.54) is 19.6 Å². The maximum absolute atomic E-state index is 15.3. The number of carboxylic acid groups (broad SMARTS) is 1. The van der Waals surface area contributed by atoms with Crippen LogP contribution in [0.5, 0.6) is 0 Å². The number of rotatable bonds is 20. The van der Waals surface area contributed by atoms with Gasteiger partial charge in [0.05, 0.1) is 6.10 Å². The Kier molecular flexibility index (Phi) is 28.1. The summed E-state index contributed by atoms with van der Waals surface area (Å²) in [5, 5.41) is 44.0. The molecule has 0 aromatic rings. The highest BCUT2D eigenvalue weighted by atomic mass is 16.4. The number of aliphatic hydroxyl groups is 1.